The first-order valence-electron chi connectivity index (χ1n) is 5.58. The van der Waals surface area contributed by atoms with E-state index in [0.29, 0.717) is 5.56 Å². The van der Waals surface area contributed by atoms with Gasteiger partial charge in [-0.3, -0.25) is 9.59 Å². The maximum Gasteiger partial charge on any atom is 0.307 e. The Hall–Kier alpha value is -1.91. The van der Waals surface area contributed by atoms with Crippen LogP contribution in [-0.4, -0.2) is 36.0 Å². The Labute approximate surface area is 105 Å². The van der Waals surface area contributed by atoms with Crippen molar-refractivity contribution in [2.45, 2.75) is 12.8 Å². The maximum absolute atomic E-state index is 13.4. The molecule has 0 saturated heterocycles. The number of hydrogen-bond acceptors (Lipinski definition) is 2. The van der Waals surface area contributed by atoms with E-state index in [4.69, 9.17) is 5.11 Å². The molecular weight excluding hydrogens is 237 g/mol. The minimum Gasteiger partial charge on any atom is -0.481 e. The van der Waals surface area contributed by atoms with Gasteiger partial charge < -0.3 is 10.0 Å². The number of amides is 1. The van der Waals surface area contributed by atoms with Crippen LogP contribution in [0.1, 0.15) is 12.0 Å². The van der Waals surface area contributed by atoms with Gasteiger partial charge in [0.15, 0.2) is 0 Å². The van der Waals surface area contributed by atoms with E-state index in [1.807, 2.05) is 0 Å². The third kappa shape index (κ3) is 3.84. The quantitative estimate of drug-likeness (QED) is 0.866. The topological polar surface area (TPSA) is 57.6 Å². The van der Waals surface area contributed by atoms with E-state index in [1.165, 1.54) is 17.0 Å². The van der Waals surface area contributed by atoms with Gasteiger partial charge in [0.2, 0.25) is 5.91 Å². The molecule has 18 heavy (non-hydrogen) atoms. The second kappa shape index (κ2) is 6.14. The molecular formula is C13H16FNO3. The van der Waals surface area contributed by atoms with Crippen molar-refractivity contribution in [3.05, 3.63) is 35.6 Å². The maximum atomic E-state index is 13.4. The molecule has 0 bridgehead atoms. The summed E-state index contributed by atoms with van der Waals surface area (Å²) in [6.45, 7) is 0. The van der Waals surface area contributed by atoms with Gasteiger partial charge >= 0.3 is 5.97 Å². The number of carboxylic acids is 1. The third-order valence-corrected chi connectivity index (χ3v) is 2.69. The number of nitrogens with zero attached hydrogens (tertiary/aromatic N) is 1. The summed E-state index contributed by atoms with van der Waals surface area (Å²) in [5.74, 6) is -2.72. The van der Waals surface area contributed by atoms with Gasteiger partial charge in [0.25, 0.3) is 0 Å². The molecule has 0 aliphatic heterocycles. The molecule has 5 heteroatoms. The summed E-state index contributed by atoms with van der Waals surface area (Å²) in [6, 6.07) is 6.00. The number of carbonyl (C=O) groups is 2. The van der Waals surface area contributed by atoms with Crippen LogP contribution in [0.3, 0.4) is 0 Å². The lowest BCUT2D eigenvalue weighted by Gasteiger charge is -2.15. The van der Waals surface area contributed by atoms with Crippen molar-refractivity contribution in [1.29, 1.82) is 0 Å². The van der Waals surface area contributed by atoms with Crippen molar-refractivity contribution in [3.8, 4) is 0 Å². The number of carboxylic acid groups (broad SMARTS) is 1. The molecule has 0 fully saturated rings. The second-order valence-corrected chi connectivity index (χ2v) is 4.32. The Morgan fingerprint density at radius 3 is 2.44 bits per heavy atom. The second-order valence-electron chi connectivity index (χ2n) is 4.32. The van der Waals surface area contributed by atoms with E-state index in [9.17, 15) is 14.0 Å². The first-order chi connectivity index (χ1) is 8.41. The molecule has 0 heterocycles. The Balaban J connectivity index is 2.79. The van der Waals surface area contributed by atoms with Crippen molar-refractivity contribution < 1.29 is 19.1 Å². The summed E-state index contributed by atoms with van der Waals surface area (Å²) in [5, 5.41) is 9.06. The highest BCUT2D eigenvalue weighted by Crippen LogP contribution is 2.16. The van der Waals surface area contributed by atoms with Gasteiger partial charge in [-0.2, -0.15) is 0 Å². The molecule has 1 amide bonds. The number of hydrogen-bond donors (Lipinski definition) is 1. The van der Waals surface area contributed by atoms with Crippen molar-refractivity contribution >= 4 is 11.9 Å². The third-order valence-electron chi connectivity index (χ3n) is 2.69. The van der Waals surface area contributed by atoms with E-state index in [1.54, 1.807) is 26.2 Å². The van der Waals surface area contributed by atoms with Crippen LogP contribution in [0.5, 0.6) is 0 Å². The van der Waals surface area contributed by atoms with E-state index >= 15 is 0 Å². The van der Waals surface area contributed by atoms with Gasteiger partial charge in [-0.05, 0) is 18.1 Å². The minimum atomic E-state index is -1.09. The summed E-state index contributed by atoms with van der Waals surface area (Å²) >= 11 is 0. The normalized spacial score (nSPS) is 11.9. The van der Waals surface area contributed by atoms with E-state index in [0.717, 1.165) is 0 Å². The number of carbonyl (C=O) groups excluding carboxylic acids is 1. The molecule has 1 atom stereocenters. The van der Waals surface area contributed by atoms with Gasteiger partial charge in [0, 0.05) is 20.5 Å². The summed E-state index contributed by atoms with van der Waals surface area (Å²) in [4.78, 5) is 23.9. The van der Waals surface area contributed by atoms with Crippen LogP contribution in [0.15, 0.2) is 24.3 Å². The highest BCUT2D eigenvalue weighted by molar-refractivity contribution is 5.82. The molecule has 1 rings (SSSR count). The molecule has 1 unspecified atom stereocenters. The summed E-state index contributed by atoms with van der Waals surface area (Å²) in [7, 11) is 3.12. The Bertz CT molecular complexity index is 446. The largest absolute Gasteiger partial charge is 0.481 e. The van der Waals surface area contributed by atoms with Crippen molar-refractivity contribution in [1.82, 2.24) is 4.90 Å². The molecule has 4 nitrogen and oxygen atoms in total. The molecule has 1 aromatic carbocycles. The Morgan fingerprint density at radius 2 is 1.94 bits per heavy atom. The Kier molecular flexibility index (Phi) is 4.83. The monoisotopic (exact) mass is 253 g/mol. The fourth-order valence-electron chi connectivity index (χ4n) is 1.57. The van der Waals surface area contributed by atoms with E-state index < -0.39 is 17.7 Å². The van der Waals surface area contributed by atoms with Gasteiger partial charge in [-0.15, -0.1) is 0 Å². The lowest BCUT2D eigenvalue weighted by atomic mass is 9.95. The first kappa shape index (κ1) is 14.2. The minimum absolute atomic E-state index is 0.0155. The zero-order valence-corrected chi connectivity index (χ0v) is 10.4. The molecule has 0 spiro atoms. The molecule has 0 radical (unpaired) electrons. The molecule has 0 aromatic heterocycles. The zero-order valence-electron chi connectivity index (χ0n) is 10.4. The summed E-state index contributed by atoms with van der Waals surface area (Å²) in [5.41, 5.74) is 0.316. The SMILES string of the molecule is CN(C)C(=O)CC(Cc1ccccc1F)C(=O)O. The van der Waals surface area contributed by atoms with Gasteiger partial charge in [0.1, 0.15) is 5.82 Å². The van der Waals surface area contributed by atoms with Crippen LogP contribution >= 0.6 is 0 Å². The van der Waals surface area contributed by atoms with E-state index in [2.05, 4.69) is 0 Å². The van der Waals surface area contributed by atoms with Crippen LogP contribution in [0.4, 0.5) is 4.39 Å². The standard InChI is InChI=1S/C13H16FNO3/c1-15(2)12(16)8-10(13(17)18)7-9-5-3-4-6-11(9)14/h3-6,10H,7-8H2,1-2H3,(H,17,18). The molecule has 98 valence electrons. The lowest BCUT2D eigenvalue weighted by molar-refractivity contribution is -0.145. The first-order valence-corrected chi connectivity index (χ1v) is 5.58. The molecule has 0 aliphatic rings. The molecule has 1 aromatic rings. The number of rotatable bonds is 5. The molecule has 0 saturated carbocycles. The van der Waals surface area contributed by atoms with Gasteiger partial charge in [-0.1, -0.05) is 18.2 Å². The fourth-order valence-corrected chi connectivity index (χ4v) is 1.57. The zero-order chi connectivity index (χ0) is 13.7. The van der Waals surface area contributed by atoms with Gasteiger partial charge in [0.05, 0.1) is 5.92 Å². The van der Waals surface area contributed by atoms with Crippen molar-refractivity contribution in [2.75, 3.05) is 14.1 Å². The summed E-state index contributed by atoms with van der Waals surface area (Å²) < 4.78 is 13.4. The predicted molar refractivity (Wildman–Crippen MR) is 64.5 cm³/mol. The summed E-state index contributed by atoms with van der Waals surface area (Å²) in [6.07, 6.45) is -0.113. The molecule has 0 aliphatic carbocycles. The smallest absolute Gasteiger partial charge is 0.307 e. The van der Waals surface area contributed by atoms with Crippen molar-refractivity contribution in [3.63, 3.8) is 0 Å². The van der Waals surface area contributed by atoms with Crippen LogP contribution in [-0.2, 0) is 16.0 Å². The lowest BCUT2D eigenvalue weighted by Crippen LogP contribution is -2.28. The molecule has 1 N–H and O–H groups in total. The fraction of sp³-hybridized carbons (Fsp3) is 0.385. The predicted octanol–water partition coefficient (Wildman–Crippen LogP) is 1.55. The van der Waals surface area contributed by atoms with Crippen LogP contribution in [0.2, 0.25) is 0 Å². The van der Waals surface area contributed by atoms with E-state index in [-0.39, 0.29) is 18.7 Å². The van der Waals surface area contributed by atoms with Crippen LogP contribution in [0.25, 0.3) is 0 Å². The van der Waals surface area contributed by atoms with Crippen LogP contribution < -0.4 is 0 Å². The van der Waals surface area contributed by atoms with Gasteiger partial charge in [-0.25, -0.2) is 4.39 Å². The average Bonchev–Trinajstić information content (AvgIpc) is 2.30. The van der Waals surface area contributed by atoms with Crippen molar-refractivity contribution in [2.24, 2.45) is 5.92 Å². The Morgan fingerprint density at radius 1 is 1.33 bits per heavy atom. The number of aliphatic carboxylic acids is 1. The number of benzene rings is 1. The highest BCUT2D eigenvalue weighted by atomic mass is 19.1. The number of halogens is 1. The van der Waals surface area contributed by atoms with Crippen LogP contribution in [0, 0.1) is 11.7 Å². The highest BCUT2D eigenvalue weighted by Gasteiger charge is 2.23. The average molecular weight is 253 g/mol.